The maximum atomic E-state index is 5.84. The number of fused-ring (bicyclic) bond motifs is 1. The molecule has 1 aromatic carbocycles. The Hall–Kier alpha value is -1.50. The van der Waals surface area contributed by atoms with Gasteiger partial charge in [0.1, 0.15) is 0 Å². The smallest absolute Gasteiger partial charge is 0.0350 e. The summed E-state index contributed by atoms with van der Waals surface area (Å²) in [7, 11) is 0. The summed E-state index contributed by atoms with van der Waals surface area (Å²) >= 11 is 0. The maximum Gasteiger partial charge on any atom is 0.0350 e. The Labute approximate surface area is 77.9 Å². The number of rotatable bonds is 0. The lowest BCUT2D eigenvalue weighted by atomic mass is 10.1. The van der Waals surface area contributed by atoms with E-state index in [4.69, 9.17) is 5.73 Å². The quantitative estimate of drug-likeness (QED) is 0.581. The molecule has 0 aromatic heterocycles. The molecule has 0 radical (unpaired) electrons. The van der Waals surface area contributed by atoms with Gasteiger partial charge in [-0.15, -0.1) is 0 Å². The zero-order chi connectivity index (χ0) is 9.26. The van der Waals surface area contributed by atoms with Crippen molar-refractivity contribution in [2.45, 2.75) is 13.3 Å². The minimum absolute atomic E-state index is 0.874. The van der Waals surface area contributed by atoms with E-state index in [0.29, 0.717) is 0 Å². The van der Waals surface area contributed by atoms with E-state index in [0.717, 1.165) is 12.1 Å². The van der Waals surface area contributed by atoms with Gasteiger partial charge >= 0.3 is 0 Å². The van der Waals surface area contributed by atoms with E-state index in [1.54, 1.807) is 0 Å². The molecule has 0 unspecified atom stereocenters. The second-order valence-electron chi connectivity index (χ2n) is 3.32. The van der Waals surface area contributed by atoms with Crippen LogP contribution in [0.15, 0.2) is 24.3 Å². The molecule has 0 saturated heterocycles. The fraction of sp³-hybridized carbons (Fsp3) is 0.167. The number of hydrogen-bond donors (Lipinski definition) is 1. The lowest BCUT2D eigenvalue weighted by molar-refractivity contribution is 1.36. The van der Waals surface area contributed by atoms with E-state index in [1.165, 1.54) is 16.0 Å². The standard InChI is InChI=1S/C12H13N/c1-9-11-6-4-2-3-5-10(11)7-8-12(9)13/h2,4-8H,3,13H2,1H3. The lowest BCUT2D eigenvalue weighted by Crippen LogP contribution is -2.27. The number of benzene rings is 1. The predicted molar refractivity (Wildman–Crippen MR) is 57.5 cm³/mol. The van der Waals surface area contributed by atoms with Crippen LogP contribution in [0.1, 0.15) is 12.0 Å². The SMILES string of the molecule is Cc1c(N)ccc2c1=CC=CCC=2. The highest BCUT2D eigenvalue weighted by molar-refractivity contribution is 5.54. The molecule has 66 valence electrons. The van der Waals surface area contributed by atoms with Gasteiger partial charge in [-0.3, -0.25) is 0 Å². The summed E-state index contributed by atoms with van der Waals surface area (Å²) in [6.07, 6.45) is 9.60. The van der Waals surface area contributed by atoms with Crippen LogP contribution in [0.3, 0.4) is 0 Å². The molecular formula is C12H13N. The van der Waals surface area contributed by atoms with Crippen LogP contribution >= 0.6 is 0 Å². The van der Waals surface area contributed by atoms with E-state index in [-0.39, 0.29) is 0 Å². The molecule has 1 aromatic rings. The Kier molecular flexibility index (Phi) is 1.93. The van der Waals surface area contributed by atoms with Crippen molar-refractivity contribution in [1.82, 2.24) is 0 Å². The summed E-state index contributed by atoms with van der Waals surface area (Å²) in [5.41, 5.74) is 7.89. The van der Waals surface area contributed by atoms with Gasteiger partial charge in [0.2, 0.25) is 0 Å². The van der Waals surface area contributed by atoms with Gasteiger partial charge in [0.05, 0.1) is 0 Å². The zero-order valence-corrected chi connectivity index (χ0v) is 7.75. The van der Waals surface area contributed by atoms with Gasteiger partial charge in [0.15, 0.2) is 0 Å². The molecule has 2 N–H and O–H groups in total. The van der Waals surface area contributed by atoms with Crippen molar-refractivity contribution >= 4 is 17.8 Å². The average molecular weight is 171 g/mol. The summed E-state index contributed by atoms with van der Waals surface area (Å²) in [6.45, 7) is 2.07. The zero-order valence-electron chi connectivity index (χ0n) is 7.75. The van der Waals surface area contributed by atoms with E-state index in [1.807, 2.05) is 6.07 Å². The highest BCUT2D eigenvalue weighted by Crippen LogP contribution is 2.02. The second-order valence-corrected chi connectivity index (χ2v) is 3.32. The van der Waals surface area contributed by atoms with Crippen molar-refractivity contribution in [1.29, 1.82) is 0 Å². The first-order chi connectivity index (χ1) is 6.29. The van der Waals surface area contributed by atoms with Crippen LogP contribution in [-0.2, 0) is 0 Å². The Morgan fingerprint density at radius 2 is 2.15 bits per heavy atom. The predicted octanol–water partition coefficient (Wildman–Crippen LogP) is 1.10. The summed E-state index contributed by atoms with van der Waals surface area (Å²) in [5, 5.41) is 2.55. The van der Waals surface area contributed by atoms with Crippen molar-refractivity contribution in [2.24, 2.45) is 0 Å². The van der Waals surface area contributed by atoms with Crippen molar-refractivity contribution in [3.05, 3.63) is 40.3 Å². The Bertz CT molecular complexity index is 467. The Morgan fingerprint density at radius 3 is 3.00 bits per heavy atom. The number of hydrogen-bond acceptors (Lipinski definition) is 1. The summed E-state index contributed by atoms with van der Waals surface area (Å²) in [4.78, 5) is 0. The number of nitrogen functional groups attached to an aromatic ring is 1. The molecule has 13 heavy (non-hydrogen) atoms. The van der Waals surface area contributed by atoms with Crippen molar-refractivity contribution in [3.8, 4) is 0 Å². The monoisotopic (exact) mass is 171 g/mol. The summed E-state index contributed by atoms with van der Waals surface area (Å²) < 4.78 is 0. The van der Waals surface area contributed by atoms with Gasteiger partial charge in [-0.05, 0) is 35.4 Å². The van der Waals surface area contributed by atoms with Crippen LogP contribution in [0.2, 0.25) is 0 Å². The van der Waals surface area contributed by atoms with Crippen LogP contribution in [0.5, 0.6) is 0 Å². The van der Waals surface area contributed by atoms with Gasteiger partial charge < -0.3 is 5.73 Å². The van der Waals surface area contributed by atoms with Crippen LogP contribution in [0.4, 0.5) is 5.69 Å². The normalized spacial score (nSPS) is 13.9. The molecule has 0 heterocycles. The summed E-state index contributed by atoms with van der Waals surface area (Å²) in [5.74, 6) is 0. The first kappa shape index (κ1) is 8.11. The Morgan fingerprint density at radius 1 is 1.31 bits per heavy atom. The highest BCUT2D eigenvalue weighted by Gasteiger charge is 1.96. The van der Waals surface area contributed by atoms with Crippen LogP contribution in [0.25, 0.3) is 12.2 Å². The summed E-state index contributed by atoms with van der Waals surface area (Å²) in [6, 6.07) is 4.06. The molecule has 2 rings (SSSR count). The Balaban J connectivity index is 2.88. The van der Waals surface area contributed by atoms with Crippen LogP contribution in [0, 0.1) is 6.92 Å². The van der Waals surface area contributed by atoms with E-state index >= 15 is 0 Å². The molecular weight excluding hydrogens is 158 g/mol. The fourth-order valence-electron chi connectivity index (χ4n) is 1.60. The van der Waals surface area contributed by atoms with Crippen molar-refractivity contribution < 1.29 is 0 Å². The fourth-order valence-corrected chi connectivity index (χ4v) is 1.60. The molecule has 1 aliphatic carbocycles. The van der Waals surface area contributed by atoms with Crippen LogP contribution in [-0.4, -0.2) is 0 Å². The molecule has 0 fully saturated rings. The van der Waals surface area contributed by atoms with Gasteiger partial charge in [0, 0.05) is 5.69 Å². The van der Waals surface area contributed by atoms with Gasteiger partial charge in [0.25, 0.3) is 0 Å². The van der Waals surface area contributed by atoms with Crippen LogP contribution < -0.4 is 16.2 Å². The van der Waals surface area contributed by atoms with Crippen molar-refractivity contribution in [3.63, 3.8) is 0 Å². The van der Waals surface area contributed by atoms with E-state index in [9.17, 15) is 0 Å². The molecule has 1 nitrogen and oxygen atoms in total. The average Bonchev–Trinajstić information content (AvgIpc) is 2.36. The largest absolute Gasteiger partial charge is 0.398 e. The van der Waals surface area contributed by atoms with Gasteiger partial charge in [-0.1, -0.05) is 30.4 Å². The molecule has 1 aliphatic rings. The maximum absolute atomic E-state index is 5.84. The third kappa shape index (κ3) is 1.37. The topological polar surface area (TPSA) is 26.0 Å². The van der Waals surface area contributed by atoms with Gasteiger partial charge in [-0.25, -0.2) is 0 Å². The third-order valence-electron chi connectivity index (χ3n) is 2.46. The first-order valence-corrected chi connectivity index (χ1v) is 4.51. The third-order valence-corrected chi connectivity index (χ3v) is 2.46. The number of nitrogens with two attached hydrogens (primary N) is 1. The second kappa shape index (κ2) is 3.09. The van der Waals surface area contributed by atoms with Gasteiger partial charge in [-0.2, -0.15) is 0 Å². The first-order valence-electron chi connectivity index (χ1n) is 4.51. The van der Waals surface area contributed by atoms with E-state index in [2.05, 4.69) is 37.3 Å². The number of allylic oxidation sites excluding steroid dienone is 2. The molecule has 0 spiro atoms. The highest BCUT2D eigenvalue weighted by atomic mass is 14.5. The molecule has 0 amide bonds. The number of anilines is 1. The minimum Gasteiger partial charge on any atom is -0.398 e. The molecule has 1 heteroatoms. The molecule has 0 aliphatic heterocycles. The van der Waals surface area contributed by atoms with Crippen molar-refractivity contribution in [2.75, 3.05) is 5.73 Å². The van der Waals surface area contributed by atoms with E-state index < -0.39 is 0 Å². The minimum atomic E-state index is 0.874. The lowest BCUT2D eigenvalue weighted by Gasteiger charge is -2.00. The molecule has 0 saturated carbocycles. The molecule has 0 bridgehead atoms. The molecule has 0 atom stereocenters.